The Kier molecular flexibility index (Phi) is 4.42. The van der Waals surface area contributed by atoms with Gasteiger partial charge in [-0.05, 0) is 37.1 Å². The quantitative estimate of drug-likeness (QED) is 0.900. The van der Waals surface area contributed by atoms with E-state index in [1.807, 2.05) is 4.90 Å². The maximum atomic E-state index is 13.2. The van der Waals surface area contributed by atoms with Crippen molar-refractivity contribution >= 4 is 6.03 Å². The largest absolute Gasteiger partial charge is 0.356 e. The molecule has 25 heavy (non-hydrogen) atoms. The summed E-state index contributed by atoms with van der Waals surface area (Å²) >= 11 is 0. The first-order valence-corrected chi connectivity index (χ1v) is 8.99. The van der Waals surface area contributed by atoms with E-state index in [1.54, 1.807) is 12.1 Å². The van der Waals surface area contributed by atoms with Crippen molar-refractivity contribution in [1.82, 2.24) is 15.4 Å². The van der Waals surface area contributed by atoms with Crippen molar-refractivity contribution in [2.75, 3.05) is 6.54 Å². The van der Waals surface area contributed by atoms with Gasteiger partial charge in [-0.3, -0.25) is 0 Å². The fourth-order valence-corrected chi connectivity index (χ4v) is 3.73. The first-order valence-electron chi connectivity index (χ1n) is 8.99. The van der Waals surface area contributed by atoms with Crippen LogP contribution >= 0.6 is 0 Å². The second-order valence-corrected chi connectivity index (χ2v) is 6.90. The minimum atomic E-state index is -0.286. The van der Waals surface area contributed by atoms with Crippen molar-refractivity contribution in [3.63, 3.8) is 0 Å². The van der Waals surface area contributed by atoms with E-state index < -0.39 is 0 Å². The average molecular weight is 343 g/mol. The van der Waals surface area contributed by atoms with Crippen LogP contribution in [0.5, 0.6) is 0 Å². The standard InChI is InChI=1S/C19H22FN3O2/c20-14-8-6-13(7-9-14)18-16-12-23(11-10-17(16)22-25-18)19(24)21-15-4-2-1-3-5-15/h6-9,15H,1-5,10-12H2,(H,21,24). The molecule has 2 amide bonds. The molecule has 2 heterocycles. The third-order valence-electron chi connectivity index (χ3n) is 5.16. The molecule has 6 heteroatoms. The van der Waals surface area contributed by atoms with Crippen LogP contribution in [0.3, 0.4) is 0 Å². The molecule has 0 bridgehead atoms. The molecular formula is C19H22FN3O2. The molecule has 1 aromatic carbocycles. The zero-order valence-corrected chi connectivity index (χ0v) is 14.1. The number of benzene rings is 1. The zero-order valence-electron chi connectivity index (χ0n) is 14.1. The van der Waals surface area contributed by atoms with Crippen LogP contribution in [0.25, 0.3) is 11.3 Å². The van der Waals surface area contributed by atoms with Gasteiger partial charge in [0.1, 0.15) is 5.82 Å². The van der Waals surface area contributed by atoms with Crippen LogP contribution < -0.4 is 5.32 Å². The maximum absolute atomic E-state index is 13.2. The van der Waals surface area contributed by atoms with Gasteiger partial charge < -0.3 is 14.7 Å². The van der Waals surface area contributed by atoms with Gasteiger partial charge in [-0.1, -0.05) is 24.4 Å². The smallest absolute Gasteiger partial charge is 0.317 e. The Hall–Kier alpha value is -2.37. The molecular weight excluding hydrogens is 321 g/mol. The predicted molar refractivity (Wildman–Crippen MR) is 91.4 cm³/mol. The normalized spacial score (nSPS) is 18.0. The van der Waals surface area contributed by atoms with Crippen LogP contribution in [0.1, 0.15) is 43.4 Å². The summed E-state index contributed by atoms with van der Waals surface area (Å²) < 4.78 is 18.6. The molecule has 1 N–H and O–H groups in total. The molecule has 0 unspecified atom stereocenters. The molecule has 1 aliphatic carbocycles. The van der Waals surface area contributed by atoms with Crippen molar-refractivity contribution in [3.05, 3.63) is 41.3 Å². The number of carbonyl (C=O) groups is 1. The number of urea groups is 1. The van der Waals surface area contributed by atoms with E-state index in [9.17, 15) is 9.18 Å². The number of halogens is 1. The van der Waals surface area contributed by atoms with Crippen LogP contribution in [0.2, 0.25) is 0 Å². The number of nitrogens with zero attached hydrogens (tertiary/aromatic N) is 2. The molecule has 0 spiro atoms. The van der Waals surface area contributed by atoms with Crippen LogP contribution in [0, 0.1) is 5.82 Å². The van der Waals surface area contributed by atoms with Crippen LogP contribution in [0.15, 0.2) is 28.8 Å². The highest BCUT2D eigenvalue weighted by Gasteiger charge is 2.28. The lowest BCUT2D eigenvalue weighted by Gasteiger charge is -2.30. The summed E-state index contributed by atoms with van der Waals surface area (Å²) in [7, 11) is 0. The van der Waals surface area contributed by atoms with Crippen LogP contribution in [-0.4, -0.2) is 28.7 Å². The number of amides is 2. The van der Waals surface area contributed by atoms with E-state index >= 15 is 0 Å². The van der Waals surface area contributed by atoms with Gasteiger partial charge in [-0.15, -0.1) is 0 Å². The number of hydrogen-bond donors (Lipinski definition) is 1. The molecule has 0 radical (unpaired) electrons. The van der Waals surface area contributed by atoms with Gasteiger partial charge in [0.05, 0.1) is 12.2 Å². The van der Waals surface area contributed by atoms with Crippen molar-refractivity contribution in [2.45, 2.75) is 51.1 Å². The van der Waals surface area contributed by atoms with Gasteiger partial charge in [0, 0.05) is 30.1 Å². The Morgan fingerprint density at radius 1 is 1.20 bits per heavy atom. The average Bonchev–Trinajstić information content (AvgIpc) is 3.06. The minimum absolute atomic E-state index is 0.0104. The molecule has 2 aliphatic rings. The third kappa shape index (κ3) is 3.38. The number of aromatic nitrogens is 1. The number of hydrogen-bond acceptors (Lipinski definition) is 3. The van der Waals surface area contributed by atoms with E-state index in [4.69, 9.17) is 4.52 Å². The van der Waals surface area contributed by atoms with Crippen LogP contribution in [0.4, 0.5) is 9.18 Å². The maximum Gasteiger partial charge on any atom is 0.317 e. The van der Waals surface area contributed by atoms with Gasteiger partial charge >= 0.3 is 6.03 Å². The number of rotatable bonds is 2. The van der Waals surface area contributed by atoms with Crippen molar-refractivity contribution in [1.29, 1.82) is 0 Å². The Labute approximate surface area is 146 Å². The lowest BCUT2D eigenvalue weighted by molar-refractivity contribution is 0.184. The second-order valence-electron chi connectivity index (χ2n) is 6.90. The molecule has 0 saturated heterocycles. The summed E-state index contributed by atoms with van der Waals surface area (Å²) in [6, 6.07) is 6.45. The van der Waals surface area contributed by atoms with Gasteiger partial charge in [0.25, 0.3) is 0 Å². The van der Waals surface area contributed by atoms with E-state index in [-0.39, 0.29) is 11.8 Å². The Bertz CT molecular complexity index is 751. The summed E-state index contributed by atoms with van der Waals surface area (Å²) in [6.07, 6.45) is 6.46. The summed E-state index contributed by atoms with van der Waals surface area (Å²) in [4.78, 5) is 14.4. The molecule has 1 saturated carbocycles. The number of nitrogens with one attached hydrogen (secondary N) is 1. The van der Waals surface area contributed by atoms with Gasteiger partial charge in [0.2, 0.25) is 0 Å². The summed E-state index contributed by atoms with van der Waals surface area (Å²) in [6.45, 7) is 1.12. The second kappa shape index (κ2) is 6.86. The van der Waals surface area contributed by atoms with Crippen molar-refractivity contribution in [2.24, 2.45) is 0 Å². The lowest BCUT2D eigenvalue weighted by Crippen LogP contribution is -2.47. The summed E-state index contributed by atoms with van der Waals surface area (Å²) in [5, 5.41) is 7.30. The van der Waals surface area contributed by atoms with Crippen molar-refractivity contribution in [3.8, 4) is 11.3 Å². The van der Waals surface area contributed by atoms with Gasteiger partial charge in [-0.2, -0.15) is 0 Å². The SMILES string of the molecule is O=C(NC1CCCCC1)N1CCc2noc(-c3ccc(F)cc3)c2C1. The van der Waals surface area contributed by atoms with E-state index in [1.165, 1.54) is 31.4 Å². The zero-order chi connectivity index (χ0) is 17.2. The van der Waals surface area contributed by atoms with Gasteiger partial charge in [0.15, 0.2) is 5.76 Å². The highest BCUT2D eigenvalue weighted by Crippen LogP contribution is 2.30. The Balaban J connectivity index is 1.49. The number of fused-ring (bicyclic) bond motifs is 1. The lowest BCUT2D eigenvalue weighted by atomic mass is 9.95. The molecule has 1 fully saturated rings. The fourth-order valence-electron chi connectivity index (χ4n) is 3.73. The molecule has 5 nitrogen and oxygen atoms in total. The minimum Gasteiger partial charge on any atom is -0.356 e. The third-order valence-corrected chi connectivity index (χ3v) is 5.16. The monoisotopic (exact) mass is 343 g/mol. The van der Waals surface area contributed by atoms with Crippen LogP contribution in [-0.2, 0) is 13.0 Å². The summed E-state index contributed by atoms with van der Waals surface area (Å²) in [5.41, 5.74) is 2.60. The molecule has 0 atom stereocenters. The first kappa shape index (κ1) is 16.1. The molecule has 1 aliphatic heterocycles. The highest BCUT2D eigenvalue weighted by molar-refractivity contribution is 5.75. The van der Waals surface area contributed by atoms with E-state index in [2.05, 4.69) is 10.5 Å². The molecule has 4 rings (SSSR count). The Morgan fingerprint density at radius 3 is 2.72 bits per heavy atom. The molecule has 1 aromatic heterocycles. The van der Waals surface area contributed by atoms with Gasteiger partial charge in [-0.25, -0.2) is 9.18 Å². The van der Waals surface area contributed by atoms with Crippen molar-refractivity contribution < 1.29 is 13.7 Å². The predicted octanol–water partition coefficient (Wildman–Crippen LogP) is 3.88. The summed E-state index contributed by atoms with van der Waals surface area (Å²) in [5.74, 6) is 0.343. The Morgan fingerprint density at radius 2 is 1.96 bits per heavy atom. The van der Waals surface area contributed by atoms with E-state index in [0.717, 1.165) is 29.7 Å². The topological polar surface area (TPSA) is 58.4 Å². The van der Waals surface area contributed by atoms with E-state index in [0.29, 0.717) is 31.3 Å². The molecule has 2 aromatic rings. The number of carbonyl (C=O) groups excluding carboxylic acids is 1. The highest BCUT2D eigenvalue weighted by atomic mass is 19.1. The molecule has 132 valence electrons. The first-order chi connectivity index (χ1) is 12.2. The fraction of sp³-hybridized carbons (Fsp3) is 0.474.